The highest BCUT2D eigenvalue weighted by Gasteiger charge is 2.22. The zero-order valence-electron chi connectivity index (χ0n) is 20.8. The Morgan fingerprint density at radius 2 is 1.84 bits per heavy atom. The molecule has 5 rings (SSSR count). The molecule has 188 valence electrons. The Balaban J connectivity index is 1.29. The number of carbonyl (C=O) groups is 1. The average molecular weight is 529 g/mol. The quantitative estimate of drug-likeness (QED) is 0.219. The zero-order valence-corrected chi connectivity index (χ0v) is 22.3. The number of ether oxygens (including phenoxy) is 1. The molecule has 1 aliphatic rings. The first kappa shape index (κ1) is 25.5. The Morgan fingerprint density at radius 3 is 2.68 bits per heavy atom. The Kier molecular flexibility index (Phi) is 8.24. The summed E-state index contributed by atoms with van der Waals surface area (Å²) in [4.78, 5) is 20.7. The minimum absolute atomic E-state index is 0.103. The van der Waals surface area contributed by atoms with Crippen molar-refractivity contribution in [3.05, 3.63) is 106 Å². The maximum atomic E-state index is 13.0. The molecule has 3 aromatic carbocycles. The maximum Gasteiger partial charge on any atom is 0.254 e. The van der Waals surface area contributed by atoms with Crippen LogP contribution in [0.4, 0.5) is 0 Å². The third-order valence-electron chi connectivity index (χ3n) is 6.59. The summed E-state index contributed by atoms with van der Waals surface area (Å²) < 4.78 is 5.87. The first-order chi connectivity index (χ1) is 18.1. The molecule has 1 fully saturated rings. The van der Waals surface area contributed by atoms with Crippen LogP contribution in [0.5, 0.6) is 0 Å². The Morgan fingerprint density at radius 1 is 1.03 bits per heavy atom. The molecule has 0 N–H and O–H groups in total. The Bertz CT molecular complexity index is 1430. The number of methoxy groups -OCH3 is 1. The molecule has 1 saturated heterocycles. The molecule has 0 aliphatic carbocycles. The summed E-state index contributed by atoms with van der Waals surface area (Å²) in [5, 5.41) is 1.74. The summed E-state index contributed by atoms with van der Waals surface area (Å²) in [5.41, 5.74) is 4.70. The fraction of sp³-hybridized carbons (Fsp3) is 0.226. The summed E-state index contributed by atoms with van der Waals surface area (Å²) in [5.74, 6) is 0.840. The van der Waals surface area contributed by atoms with Crippen molar-refractivity contribution in [2.24, 2.45) is 0 Å². The highest BCUT2D eigenvalue weighted by Crippen LogP contribution is 2.31. The monoisotopic (exact) mass is 528 g/mol. The van der Waals surface area contributed by atoms with Crippen LogP contribution >= 0.6 is 23.4 Å². The van der Waals surface area contributed by atoms with Crippen LogP contribution in [-0.4, -0.2) is 41.7 Å². The van der Waals surface area contributed by atoms with Gasteiger partial charge in [0.05, 0.1) is 22.9 Å². The van der Waals surface area contributed by atoms with E-state index in [-0.39, 0.29) is 12.0 Å². The summed E-state index contributed by atoms with van der Waals surface area (Å²) in [6.45, 7) is 1.70. The lowest BCUT2D eigenvalue weighted by atomic mass is 10.1. The molecule has 4 aromatic rings. The average Bonchev–Trinajstić information content (AvgIpc) is 3.47. The lowest BCUT2D eigenvalue weighted by Gasteiger charge is -2.19. The summed E-state index contributed by atoms with van der Waals surface area (Å²) in [6, 6.07) is 26.0. The maximum absolute atomic E-state index is 13.0. The molecule has 4 nitrogen and oxygen atoms in total. The number of aromatic nitrogens is 1. The van der Waals surface area contributed by atoms with E-state index < -0.39 is 0 Å². The number of benzene rings is 3. The lowest BCUT2D eigenvalue weighted by Crippen LogP contribution is -2.28. The predicted molar refractivity (Wildman–Crippen MR) is 154 cm³/mol. The van der Waals surface area contributed by atoms with Crippen molar-refractivity contribution >= 4 is 52.3 Å². The molecule has 0 radical (unpaired) electrons. The predicted octanol–water partition coefficient (Wildman–Crippen LogP) is 7.77. The van der Waals surface area contributed by atoms with Gasteiger partial charge in [0.25, 0.3) is 5.91 Å². The van der Waals surface area contributed by atoms with Crippen LogP contribution in [0.3, 0.4) is 0 Å². The number of fused-ring (bicyclic) bond motifs is 1. The first-order valence-corrected chi connectivity index (χ1v) is 13.9. The van der Waals surface area contributed by atoms with E-state index in [2.05, 4.69) is 30.3 Å². The summed E-state index contributed by atoms with van der Waals surface area (Å²) >= 11 is 7.80. The van der Waals surface area contributed by atoms with Crippen molar-refractivity contribution in [2.75, 3.05) is 26.0 Å². The third-order valence-corrected chi connectivity index (χ3v) is 7.96. The van der Waals surface area contributed by atoms with Gasteiger partial charge in [0.2, 0.25) is 0 Å². The highest BCUT2D eigenvalue weighted by molar-refractivity contribution is 7.99. The van der Waals surface area contributed by atoms with E-state index >= 15 is 0 Å². The van der Waals surface area contributed by atoms with E-state index in [1.54, 1.807) is 18.9 Å². The van der Waals surface area contributed by atoms with Crippen molar-refractivity contribution in [3.63, 3.8) is 0 Å². The van der Waals surface area contributed by atoms with Gasteiger partial charge in [-0.1, -0.05) is 60.1 Å². The van der Waals surface area contributed by atoms with Crippen LogP contribution < -0.4 is 0 Å². The normalized spacial score (nSPS) is 14.5. The van der Waals surface area contributed by atoms with Crippen LogP contribution in [-0.2, 0) is 4.74 Å². The third kappa shape index (κ3) is 6.24. The second-order valence-corrected chi connectivity index (χ2v) is 10.6. The van der Waals surface area contributed by atoms with E-state index in [1.165, 1.54) is 0 Å². The van der Waals surface area contributed by atoms with Gasteiger partial charge in [-0.15, -0.1) is 11.8 Å². The second kappa shape index (κ2) is 12.0. The summed E-state index contributed by atoms with van der Waals surface area (Å²) in [7, 11) is 1.74. The van der Waals surface area contributed by atoms with Gasteiger partial charge < -0.3 is 9.64 Å². The second-order valence-electron chi connectivity index (χ2n) is 9.11. The molecule has 6 heteroatoms. The van der Waals surface area contributed by atoms with E-state index in [9.17, 15) is 4.79 Å². The number of pyridine rings is 1. The van der Waals surface area contributed by atoms with Gasteiger partial charge >= 0.3 is 0 Å². The number of thioether (sulfide) groups is 1. The smallest absolute Gasteiger partial charge is 0.254 e. The van der Waals surface area contributed by atoms with Crippen LogP contribution in [0.25, 0.3) is 23.1 Å². The fourth-order valence-corrected chi connectivity index (χ4v) is 5.88. The van der Waals surface area contributed by atoms with Gasteiger partial charge in [0, 0.05) is 41.3 Å². The summed E-state index contributed by atoms with van der Waals surface area (Å²) in [6.07, 6.45) is 6.14. The van der Waals surface area contributed by atoms with Gasteiger partial charge in [-0.05, 0) is 66.4 Å². The zero-order chi connectivity index (χ0) is 25.6. The Hall–Kier alpha value is -3.12. The largest absolute Gasteiger partial charge is 0.376 e. The number of hydrogen-bond donors (Lipinski definition) is 0. The van der Waals surface area contributed by atoms with Gasteiger partial charge in [0.1, 0.15) is 0 Å². The van der Waals surface area contributed by atoms with E-state index in [4.69, 9.17) is 21.3 Å². The number of carbonyl (C=O) groups excluding carboxylic acids is 1. The molecule has 1 atom stereocenters. The van der Waals surface area contributed by atoms with Gasteiger partial charge in [-0.3, -0.25) is 4.79 Å². The molecular weight excluding hydrogens is 500 g/mol. The Labute approximate surface area is 227 Å². The van der Waals surface area contributed by atoms with Crippen molar-refractivity contribution in [3.8, 4) is 0 Å². The van der Waals surface area contributed by atoms with Crippen LogP contribution in [0.15, 0.2) is 83.8 Å². The molecule has 37 heavy (non-hydrogen) atoms. The van der Waals surface area contributed by atoms with Crippen molar-refractivity contribution in [1.29, 1.82) is 0 Å². The van der Waals surface area contributed by atoms with Crippen molar-refractivity contribution in [2.45, 2.75) is 23.8 Å². The van der Waals surface area contributed by atoms with E-state index in [0.29, 0.717) is 10.8 Å². The lowest BCUT2D eigenvalue weighted by molar-refractivity contribution is 0.0789. The molecule has 1 amide bonds. The van der Waals surface area contributed by atoms with Crippen LogP contribution in [0.1, 0.15) is 46.1 Å². The topological polar surface area (TPSA) is 42.4 Å². The molecule has 0 bridgehead atoms. The van der Waals surface area contributed by atoms with Gasteiger partial charge in [-0.25, -0.2) is 4.98 Å². The minimum Gasteiger partial charge on any atom is -0.376 e. The van der Waals surface area contributed by atoms with Crippen LogP contribution in [0.2, 0.25) is 5.02 Å². The molecule has 0 spiro atoms. The molecule has 2 heterocycles. The van der Waals surface area contributed by atoms with Crippen molar-refractivity contribution < 1.29 is 9.53 Å². The highest BCUT2D eigenvalue weighted by atomic mass is 35.5. The number of amides is 1. The number of halogens is 1. The number of nitrogens with zero attached hydrogens (tertiary/aromatic N) is 2. The van der Waals surface area contributed by atoms with E-state index in [0.717, 1.165) is 64.1 Å². The fourth-order valence-electron chi connectivity index (χ4n) is 4.57. The number of likely N-dealkylation sites (tertiary alicyclic amines) is 1. The minimum atomic E-state index is -0.103. The number of hydrogen-bond acceptors (Lipinski definition) is 4. The number of rotatable bonds is 8. The van der Waals surface area contributed by atoms with E-state index in [1.807, 2.05) is 65.6 Å². The van der Waals surface area contributed by atoms with Crippen LogP contribution in [0, 0.1) is 0 Å². The molecule has 1 aliphatic heterocycles. The first-order valence-electron chi connectivity index (χ1n) is 12.5. The van der Waals surface area contributed by atoms with Gasteiger partial charge in [-0.2, -0.15) is 0 Å². The molecule has 1 aromatic heterocycles. The standard InChI is InChI=1S/C31H29ClN2O2S/c1-36-29(21-37-30-10-3-2-9-27(30)31(35)34-17-4-5-18-34)24-8-6-7-22(19-24)11-15-26-16-13-23-12-14-25(32)20-28(23)33-26/h2-3,6-16,19-20,29H,4-5,17-18,21H2,1H3/b15-11+. The molecule has 0 saturated carbocycles. The van der Waals surface area contributed by atoms with Gasteiger partial charge in [0.15, 0.2) is 0 Å². The SMILES string of the molecule is COC(CSc1ccccc1C(=O)N1CCCC1)c1cccc(/C=C/c2ccc3ccc(Cl)cc3n2)c1. The van der Waals surface area contributed by atoms with Crippen molar-refractivity contribution in [1.82, 2.24) is 9.88 Å². The molecule has 1 unspecified atom stereocenters. The molecular formula is C31H29ClN2O2S.